The van der Waals surface area contributed by atoms with Crippen LogP contribution in [-0.4, -0.2) is 16.8 Å². The van der Waals surface area contributed by atoms with Gasteiger partial charge < -0.3 is 15.6 Å². The van der Waals surface area contributed by atoms with Gasteiger partial charge in [-0.2, -0.15) is 0 Å². The van der Waals surface area contributed by atoms with Crippen LogP contribution in [0.2, 0.25) is 0 Å². The van der Waals surface area contributed by atoms with Crippen LogP contribution in [0, 0.1) is 0 Å². The number of aromatic nitrogens is 1. The van der Waals surface area contributed by atoms with E-state index in [0.717, 1.165) is 21.3 Å². The lowest BCUT2D eigenvalue weighted by molar-refractivity contribution is -0.143. The highest BCUT2D eigenvalue weighted by Crippen LogP contribution is 2.19. The van der Waals surface area contributed by atoms with Gasteiger partial charge in [0.05, 0.1) is 11.3 Å². The fourth-order valence-corrected chi connectivity index (χ4v) is 2.81. The van der Waals surface area contributed by atoms with E-state index in [1.165, 1.54) is 11.3 Å². The van der Waals surface area contributed by atoms with Crippen molar-refractivity contribution in [2.75, 3.05) is 0 Å². The molecule has 22 heavy (non-hydrogen) atoms. The van der Waals surface area contributed by atoms with E-state index in [1.807, 2.05) is 48.0 Å². The highest BCUT2D eigenvalue weighted by Gasteiger charge is 2.08. The Labute approximate surface area is 131 Å². The first-order valence-corrected chi connectivity index (χ1v) is 7.74. The summed E-state index contributed by atoms with van der Waals surface area (Å²) in [5, 5.41) is 6.68. The molecule has 3 rings (SSSR count). The Morgan fingerprint density at radius 1 is 1.27 bits per heavy atom. The zero-order valence-electron chi connectivity index (χ0n) is 11.8. The molecule has 0 saturated carbocycles. The molecule has 6 heteroatoms. The molecule has 2 aromatic heterocycles. The SMILES string of the molecule is N/C(=N\OC(=O)CCc1c[nH]c2ccccc12)c1cccs1. The fourth-order valence-electron chi connectivity index (χ4n) is 2.19. The van der Waals surface area contributed by atoms with E-state index in [9.17, 15) is 4.79 Å². The average Bonchev–Trinajstić information content (AvgIpc) is 3.20. The molecule has 0 saturated heterocycles. The summed E-state index contributed by atoms with van der Waals surface area (Å²) < 4.78 is 0. The lowest BCUT2D eigenvalue weighted by atomic mass is 10.1. The maximum Gasteiger partial charge on any atom is 0.335 e. The summed E-state index contributed by atoms with van der Waals surface area (Å²) in [5.74, 6) is -0.180. The van der Waals surface area contributed by atoms with E-state index in [2.05, 4.69) is 10.1 Å². The number of hydrogen-bond acceptors (Lipinski definition) is 4. The van der Waals surface area contributed by atoms with Crippen molar-refractivity contribution in [3.63, 3.8) is 0 Å². The number of oxime groups is 1. The van der Waals surface area contributed by atoms with Crippen molar-refractivity contribution < 1.29 is 9.63 Å². The van der Waals surface area contributed by atoms with Crippen molar-refractivity contribution in [3.8, 4) is 0 Å². The molecular weight excluding hydrogens is 298 g/mol. The number of rotatable bonds is 5. The molecule has 0 aliphatic heterocycles. The number of amidine groups is 1. The maximum absolute atomic E-state index is 11.8. The minimum atomic E-state index is -0.398. The Morgan fingerprint density at radius 2 is 2.14 bits per heavy atom. The summed E-state index contributed by atoms with van der Waals surface area (Å²) in [4.78, 5) is 20.6. The van der Waals surface area contributed by atoms with Crippen molar-refractivity contribution in [2.45, 2.75) is 12.8 Å². The topological polar surface area (TPSA) is 80.5 Å². The molecule has 0 aliphatic rings. The van der Waals surface area contributed by atoms with Gasteiger partial charge in [-0.05, 0) is 29.5 Å². The Bertz CT molecular complexity index is 806. The zero-order valence-corrected chi connectivity index (χ0v) is 12.6. The summed E-state index contributed by atoms with van der Waals surface area (Å²) in [5.41, 5.74) is 7.88. The lowest BCUT2D eigenvalue weighted by Gasteiger charge is -2.00. The molecule has 1 aromatic carbocycles. The molecule has 2 heterocycles. The van der Waals surface area contributed by atoms with Crippen LogP contribution < -0.4 is 5.73 Å². The number of aromatic amines is 1. The fraction of sp³-hybridized carbons (Fsp3) is 0.125. The number of H-pyrrole nitrogens is 1. The summed E-state index contributed by atoms with van der Waals surface area (Å²) in [6.07, 6.45) is 2.77. The molecule has 0 bridgehead atoms. The molecule has 3 N–H and O–H groups in total. The standard InChI is InChI=1S/C16H15N3O2S/c17-16(14-6-3-9-22-14)19-21-15(20)8-7-11-10-18-13-5-2-1-4-12(11)13/h1-6,9-10,18H,7-8H2,(H2,17,19). The summed E-state index contributed by atoms with van der Waals surface area (Å²) in [7, 11) is 0. The van der Waals surface area contributed by atoms with Crippen LogP contribution in [0.1, 0.15) is 16.9 Å². The van der Waals surface area contributed by atoms with E-state index >= 15 is 0 Å². The van der Waals surface area contributed by atoms with Crippen molar-refractivity contribution in [2.24, 2.45) is 10.9 Å². The van der Waals surface area contributed by atoms with Crippen LogP contribution in [0.4, 0.5) is 0 Å². The molecule has 0 radical (unpaired) electrons. The molecule has 112 valence electrons. The van der Waals surface area contributed by atoms with Gasteiger partial charge in [0.2, 0.25) is 0 Å². The number of carbonyl (C=O) groups excluding carboxylic acids is 1. The Morgan fingerprint density at radius 3 is 2.95 bits per heavy atom. The molecule has 0 aliphatic carbocycles. The third-order valence-corrected chi connectivity index (χ3v) is 4.19. The number of nitrogens with two attached hydrogens (primary N) is 1. The quantitative estimate of drug-likeness (QED) is 0.329. The van der Waals surface area contributed by atoms with E-state index in [4.69, 9.17) is 10.6 Å². The summed E-state index contributed by atoms with van der Waals surface area (Å²) >= 11 is 1.44. The number of hydrogen-bond donors (Lipinski definition) is 2. The van der Waals surface area contributed by atoms with Crippen molar-refractivity contribution in [3.05, 3.63) is 58.4 Å². The van der Waals surface area contributed by atoms with Gasteiger partial charge in [-0.3, -0.25) is 0 Å². The van der Waals surface area contributed by atoms with Crippen LogP contribution in [0.3, 0.4) is 0 Å². The number of para-hydroxylation sites is 1. The van der Waals surface area contributed by atoms with Gasteiger partial charge in [-0.15, -0.1) is 11.3 Å². The smallest absolute Gasteiger partial charge is 0.335 e. The first-order valence-electron chi connectivity index (χ1n) is 6.86. The average molecular weight is 313 g/mol. The Hall–Kier alpha value is -2.60. The summed E-state index contributed by atoms with van der Waals surface area (Å²) in [6.45, 7) is 0. The first kappa shape index (κ1) is 14.3. The molecular formula is C16H15N3O2S. The van der Waals surface area contributed by atoms with Crippen molar-refractivity contribution in [1.29, 1.82) is 0 Å². The number of aryl methyl sites for hydroxylation is 1. The van der Waals surface area contributed by atoms with Crippen LogP contribution in [0.15, 0.2) is 53.1 Å². The van der Waals surface area contributed by atoms with E-state index < -0.39 is 5.97 Å². The second kappa shape index (κ2) is 6.44. The van der Waals surface area contributed by atoms with Crippen LogP contribution in [0.5, 0.6) is 0 Å². The number of nitrogens with zero attached hydrogens (tertiary/aromatic N) is 1. The number of carbonyl (C=O) groups is 1. The molecule has 3 aromatic rings. The van der Waals surface area contributed by atoms with E-state index in [0.29, 0.717) is 6.42 Å². The largest absolute Gasteiger partial charge is 0.380 e. The molecule has 0 unspecified atom stereocenters. The van der Waals surface area contributed by atoms with Crippen molar-refractivity contribution >= 4 is 34.0 Å². The van der Waals surface area contributed by atoms with Gasteiger partial charge >= 0.3 is 5.97 Å². The predicted molar refractivity (Wildman–Crippen MR) is 87.8 cm³/mol. The Balaban J connectivity index is 1.57. The van der Waals surface area contributed by atoms with Gasteiger partial charge in [0, 0.05) is 17.1 Å². The highest BCUT2D eigenvalue weighted by molar-refractivity contribution is 7.12. The maximum atomic E-state index is 11.8. The molecule has 0 atom stereocenters. The third-order valence-electron chi connectivity index (χ3n) is 3.29. The molecule has 0 amide bonds. The van der Waals surface area contributed by atoms with Gasteiger partial charge in [0.1, 0.15) is 0 Å². The molecule has 0 spiro atoms. The van der Waals surface area contributed by atoms with Gasteiger partial charge in [0.25, 0.3) is 0 Å². The van der Waals surface area contributed by atoms with Crippen LogP contribution in [0.25, 0.3) is 10.9 Å². The van der Waals surface area contributed by atoms with Gasteiger partial charge in [0.15, 0.2) is 5.84 Å². The molecule has 5 nitrogen and oxygen atoms in total. The minimum absolute atomic E-state index is 0.218. The second-order valence-electron chi connectivity index (χ2n) is 4.78. The van der Waals surface area contributed by atoms with Gasteiger partial charge in [-0.1, -0.05) is 29.4 Å². The number of nitrogens with one attached hydrogen (secondary N) is 1. The second-order valence-corrected chi connectivity index (χ2v) is 5.72. The lowest BCUT2D eigenvalue weighted by Crippen LogP contribution is -2.13. The highest BCUT2D eigenvalue weighted by atomic mass is 32.1. The minimum Gasteiger partial charge on any atom is -0.380 e. The number of benzene rings is 1. The van der Waals surface area contributed by atoms with Gasteiger partial charge in [-0.25, -0.2) is 4.79 Å². The number of fused-ring (bicyclic) bond motifs is 1. The summed E-state index contributed by atoms with van der Waals surface area (Å²) in [6, 6.07) is 11.7. The normalized spacial score (nSPS) is 11.7. The first-order chi connectivity index (χ1) is 10.7. The van der Waals surface area contributed by atoms with Crippen LogP contribution in [-0.2, 0) is 16.1 Å². The molecule has 0 fully saturated rings. The zero-order chi connectivity index (χ0) is 15.4. The van der Waals surface area contributed by atoms with E-state index in [1.54, 1.807) is 0 Å². The van der Waals surface area contributed by atoms with Crippen LogP contribution >= 0.6 is 11.3 Å². The van der Waals surface area contributed by atoms with Crippen molar-refractivity contribution in [1.82, 2.24) is 4.98 Å². The predicted octanol–water partition coefficient (Wildman–Crippen LogP) is 3.03. The Kier molecular flexibility index (Phi) is 4.20. The monoisotopic (exact) mass is 313 g/mol. The number of thiophene rings is 1. The van der Waals surface area contributed by atoms with E-state index in [-0.39, 0.29) is 12.3 Å². The third kappa shape index (κ3) is 3.17.